The molecular formula is C34H27BBrF6O4. The Bertz CT molecular complexity index is 1780. The predicted molar refractivity (Wildman–Crippen MR) is 167 cm³/mol. The lowest BCUT2D eigenvalue weighted by atomic mass is 10.0. The Morgan fingerprint density at radius 3 is 1.46 bits per heavy atom. The van der Waals surface area contributed by atoms with Gasteiger partial charge in [0.2, 0.25) is 0 Å². The number of benzene rings is 4. The van der Waals surface area contributed by atoms with Crippen LogP contribution in [0, 0.1) is 58.6 Å². The molecule has 4 aromatic carbocycles. The first-order chi connectivity index (χ1) is 21.4. The summed E-state index contributed by atoms with van der Waals surface area (Å²) < 4.78 is 82.8. The van der Waals surface area contributed by atoms with E-state index in [1.54, 1.807) is 32.0 Å². The smallest absolute Gasteiger partial charge is 0.537 e. The highest BCUT2D eigenvalue weighted by Gasteiger charge is 2.10. The first-order valence-electron chi connectivity index (χ1n) is 13.2. The van der Waals surface area contributed by atoms with Gasteiger partial charge in [0.25, 0.3) is 0 Å². The number of hydrogen-bond acceptors (Lipinski definition) is 4. The zero-order valence-corrected chi connectivity index (χ0v) is 26.5. The molecule has 0 heterocycles. The van der Waals surface area contributed by atoms with Crippen LogP contribution < -0.4 is 4.65 Å². The van der Waals surface area contributed by atoms with E-state index in [2.05, 4.69) is 44.3 Å². The highest BCUT2D eigenvalue weighted by atomic mass is 79.9. The average molecular weight is 704 g/mol. The molecule has 0 saturated heterocycles. The Balaban J connectivity index is 0.000000256. The number of aliphatic hydroxyl groups is 2. The van der Waals surface area contributed by atoms with Gasteiger partial charge in [-0.05, 0) is 93.4 Å². The Hall–Kier alpha value is -4.20. The maximum Gasteiger partial charge on any atom is 0.569 e. The molecule has 4 rings (SSSR count). The molecule has 0 aliphatic heterocycles. The molecule has 0 aliphatic rings. The van der Waals surface area contributed by atoms with Crippen molar-refractivity contribution in [1.82, 2.24) is 0 Å². The molecule has 1 radical (unpaired) electrons. The largest absolute Gasteiger partial charge is 0.569 e. The highest BCUT2D eigenvalue weighted by molar-refractivity contribution is 9.10. The summed E-state index contributed by atoms with van der Waals surface area (Å²) >= 11 is 3.15. The van der Waals surface area contributed by atoms with Crippen LogP contribution in [0.5, 0.6) is 5.75 Å². The molecule has 4 aromatic rings. The van der Waals surface area contributed by atoms with Gasteiger partial charge in [0, 0.05) is 10.5 Å². The lowest BCUT2D eigenvalue weighted by Gasteiger charge is -2.07. The maximum atomic E-state index is 13.9. The number of rotatable bonds is 3. The lowest BCUT2D eigenvalue weighted by Crippen LogP contribution is -2.14. The SMILES string of the molecule is CC(C)(O)C#Cc1ccc(-c2ccc(F)c(F)c2)cc1F.CC(C)(O)C#Cc1ccc(Br)cc1F.O[B]Oc1ccc(F)c(F)c1. The van der Waals surface area contributed by atoms with Gasteiger partial charge >= 0.3 is 7.69 Å². The minimum Gasteiger partial charge on any atom is -0.537 e. The molecule has 46 heavy (non-hydrogen) atoms. The molecule has 0 atom stereocenters. The number of hydrogen-bond donors (Lipinski definition) is 3. The van der Waals surface area contributed by atoms with Gasteiger partial charge in [-0.3, -0.25) is 0 Å². The van der Waals surface area contributed by atoms with Crippen molar-refractivity contribution < 1.29 is 46.2 Å². The molecule has 3 N–H and O–H groups in total. The quantitative estimate of drug-likeness (QED) is 0.118. The zero-order chi connectivity index (χ0) is 34.7. The minimum atomic E-state index is -1.22. The second-order valence-electron chi connectivity index (χ2n) is 10.4. The first kappa shape index (κ1) is 38.0. The van der Waals surface area contributed by atoms with E-state index in [0.29, 0.717) is 23.3 Å². The van der Waals surface area contributed by atoms with Crippen molar-refractivity contribution in [2.24, 2.45) is 0 Å². The van der Waals surface area contributed by atoms with E-state index in [1.165, 1.54) is 44.2 Å². The van der Waals surface area contributed by atoms with Crippen LogP contribution >= 0.6 is 15.9 Å². The van der Waals surface area contributed by atoms with Crippen LogP contribution in [0.25, 0.3) is 11.1 Å². The van der Waals surface area contributed by atoms with Crippen LogP contribution in [0.2, 0.25) is 0 Å². The molecule has 12 heteroatoms. The third-order valence-corrected chi connectivity index (χ3v) is 5.73. The van der Waals surface area contributed by atoms with Crippen molar-refractivity contribution >= 4 is 23.6 Å². The van der Waals surface area contributed by atoms with Crippen molar-refractivity contribution in [1.29, 1.82) is 0 Å². The van der Waals surface area contributed by atoms with E-state index in [1.807, 2.05) is 0 Å². The summed E-state index contributed by atoms with van der Waals surface area (Å²) in [4.78, 5) is 0. The molecule has 0 saturated carbocycles. The molecule has 0 spiro atoms. The van der Waals surface area contributed by atoms with E-state index in [9.17, 15) is 36.6 Å². The van der Waals surface area contributed by atoms with Crippen molar-refractivity contribution in [3.05, 3.63) is 123 Å². The third-order valence-electron chi connectivity index (χ3n) is 5.24. The van der Waals surface area contributed by atoms with E-state index in [0.717, 1.165) is 24.3 Å². The van der Waals surface area contributed by atoms with Crippen LogP contribution in [0.3, 0.4) is 0 Å². The van der Waals surface area contributed by atoms with Crippen LogP contribution in [0.15, 0.2) is 77.3 Å². The lowest BCUT2D eigenvalue weighted by molar-refractivity contribution is 0.143. The summed E-state index contributed by atoms with van der Waals surface area (Å²) in [5, 5.41) is 26.9. The predicted octanol–water partition coefficient (Wildman–Crippen LogP) is 7.47. The molecule has 0 fully saturated rings. The van der Waals surface area contributed by atoms with Crippen LogP contribution in [-0.2, 0) is 0 Å². The summed E-state index contributed by atoms with van der Waals surface area (Å²) in [7, 11) is 0.396. The van der Waals surface area contributed by atoms with Crippen molar-refractivity contribution in [2.45, 2.75) is 38.9 Å². The van der Waals surface area contributed by atoms with Gasteiger partial charge in [-0.2, -0.15) is 0 Å². The summed E-state index contributed by atoms with van der Waals surface area (Å²) in [6.07, 6.45) is 0. The Labute approximate surface area is 272 Å². The Morgan fingerprint density at radius 1 is 0.587 bits per heavy atom. The first-order valence-corrected chi connectivity index (χ1v) is 14.0. The van der Waals surface area contributed by atoms with Gasteiger partial charge in [-0.1, -0.05) is 51.7 Å². The second kappa shape index (κ2) is 16.9. The Morgan fingerprint density at radius 2 is 1.02 bits per heavy atom. The molecule has 0 amide bonds. The van der Waals surface area contributed by atoms with E-state index < -0.39 is 46.1 Å². The number of halogens is 7. The summed E-state index contributed by atoms with van der Waals surface area (Å²) in [6, 6.07) is 15.1. The molecule has 239 valence electrons. The van der Waals surface area contributed by atoms with Crippen LogP contribution in [0.1, 0.15) is 38.8 Å². The van der Waals surface area contributed by atoms with Gasteiger partial charge in [-0.25, -0.2) is 26.3 Å². The Kier molecular flexibility index (Phi) is 14.0. The normalized spacial score (nSPS) is 10.5. The van der Waals surface area contributed by atoms with Gasteiger partial charge < -0.3 is 19.9 Å². The zero-order valence-electron chi connectivity index (χ0n) is 24.9. The van der Waals surface area contributed by atoms with Gasteiger partial charge in [0.15, 0.2) is 23.3 Å². The second-order valence-corrected chi connectivity index (χ2v) is 11.3. The molecule has 0 aromatic heterocycles. The van der Waals surface area contributed by atoms with Crippen molar-refractivity contribution in [2.75, 3.05) is 0 Å². The van der Waals surface area contributed by atoms with Gasteiger partial charge in [0.05, 0.1) is 11.1 Å². The van der Waals surface area contributed by atoms with Crippen molar-refractivity contribution in [3.63, 3.8) is 0 Å². The molecule has 0 bridgehead atoms. The topological polar surface area (TPSA) is 69.9 Å². The summed E-state index contributed by atoms with van der Waals surface area (Å²) in [5.41, 5.74) is -1.11. The third kappa shape index (κ3) is 13.4. The summed E-state index contributed by atoms with van der Waals surface area (Å²) in [5.74, 6) is 5.36. The van der Waals surface area contributed by atoms with E-state index in [4.69, 9.17) is 5.02 Å². The van der Waals surface area contributed by atoms with E-state index in [-0.39, 0.29) is 16.9 Å². The molecule has 0 unspecified atom stereocenters. The van der Waals surface area contributed by atoms with Crippen molar-refractivity contribution in [3.8, 4) is 40.6 Å². The average Bonchev–Trinajstić information content (AvgIpc) is 2.95. The monoisotopic (exact) mass is 703 g/mol. The minimum absolute atomic E-state index is 0.0476. The fourth-order valence-corrected chi connectivity index (χ4v) is 3.45. The highest BCUT2D eigenvalue weighted by Crippen LogP contribution is 2.24. The van der Waals surface area contributed by atoms with Crippen LogP contribution in [-0.4, -0.2) is 34.1 Å². The van der Waals surface area contributed by atoms with Gasteiger partial charge in [-0.15, -0.1) is 0 Å². The standard InChI is InChI=1S/C17H13F3O.C11H10BrFO.C6H4BF2O2/c1-17(2,21)8-7-11-3-4-12(9-15(11)19)13-5-6-14(18)16(20)10-13;1-11(2,14)6-5-8-3-4-9(12)7-10(8)13;8-5-2-1-4(11-7-10)3-6(5)9/h3-6,9-10,21H,1-2H3;3-4,7,14H,1-2H3;1-3,10H. The fourth-order valence-electron chi connectivity index (χ4n) is 3.11. The summed E-state index contributed by atoms with van der Waals surface area (Å²) in [6.45, 7) is 6.09. The van der Waals surface area contributed by atoms with Gasteiger partial charge in [0.1, 0.15) is 28.6 Å². The molecule has 4 nitrogen and oxygen atoms in total. The fraction of sp³-hybridized carbons (Fsp3) is 0.176. The van der Waals surface area contributed by atoms with E-state index >= 15 is 0 Å². The molecule has 0 aliphatic carbocycles. The maximum absolute atomic E-state index is 13.9. The molecular weight excluding hydrogens is 677 g/mol. The van der Waals surface area contributed by atoms with Crippen LogP contribution in [0.4, 0.5) is 26.3 Å².